The topological polar surface area (TPSA) is 15.8 Å². The Morgan fingerprint density at radius 1 is 1.00 bits per heavy atom. The van der Waals surface area contributed by atoms with Crippen molar-refractivity contribution >= 4 is 30.1 Å². The molecule has 0 unspecified atom stereocenters. The van der Waals surface area contributed by atoms with Gasteiger partial charge in [0, 0.05) is 0 Å². The summed E-state index contributed by atoms with van der Waals surface area (Å²) in [4.78, 5) is 3.35. The second kappa shape index (κ2) is 7.31. The number of hydrogen-bond donors (Lipinski definition) is 1. The Bertz CT molecular complexity index is 626. The van der Waals surface area contributed by atoms with Gasteiger partial charge in [-0.3, -0.25) is 0 Å². The summed E-state index contributed by atoms with van der Waals surface area (Å²) >= 11 is 4.91. The second-order valence-corrected chi connectivity index (χ2v) is 5.64. The minimum atomic E-state index is 0. The number of halogens is 4. The van der Waals surface area contributed by atoms with Crippen LogP contribution in [0.2, 0.25) is 0 Å². The summed E-state index contributed by atoms with van der Waals surface area (Å²) < 4.78 is 2.35. The Morgan fingerprint density at radius 2 is 1.67 bits per heavy atom. The molecule has 1 heterocycles. The number of hydrogen-bond acceptors (Lipinski definition) is 0. The SMILES string of the molecule is Brc1cc2cc3ccccc3c-2[c]([Zr+3])[nH]1.[Cl-].[Cl-].[Cl-]. The van der Waals surface area contributed by atoms with Gasteiger partial charge in [0.25, 0.3) is 0 Å². The zero-order chi connectivity index (χ0) is 10.4. The Hall–Kier alpha value is 0.473. The van der Waals surface area contributed by atoms with Crippen LogP contribution < -0.4 is 40.6 Å². The Balaban J connectivity index is 0.000000963. The van der Waals surface area contributed by atoms with E-state index in [0.717, 1.165) is 4.60 Å². The molecule has 0 radical (unpaired) electrons. The molecule has 2 aliphatic rings. The molecule has 3 rings (SSSR count). The minimum absolute atomic E-state index is 0. The van der Waals surface area contributed by atoms with Crippen molar-refractivity contribution < 1.29 is 61.9 Å². The first-order valence-electron chi connectivity index (χ1n) is 4.67. The van der Waals surface area contributed by atoms with Crippen molar-refractivity contribution in [1.29, 1.82) is 0 Å². The van der Waals surface area contributed by atoms with Crippen molar-refractivity contribution in [3.8, 4) is 11.1 Å². The van der Waals surface area contributed by atoms with Crippen LogP contribution in [0.4, 0.5) is 0 Å². The van der Waals surface area contributed by atoms with E-state index in [2.05, 4.69) is 57.3 Å². The number of aromatic nitrogens is 1. The van der Waals surface area contributed by atoms with Crippen LogP contribution in [-0.4, -0.2) is 4.98 Å². The van der Waals surface area contributed by atoms with E-state index in [9.17, 15) is 0 Å². The fourth-order valence-corrected chi connectivity index (χ4v) is 3.90. The van der Waals surface area contributed by atoms with Crippen LogP contribution >= 0.6 is 15.9 Å². The molecule has 0 bridgehead atoms. The average molecular weight is 443 g/mol. The standard InChI is InChI=1S/C12H7BrN.3ClH.Zr/c13-12-6-9-5-8-3-1-2-4-10(8)11(9)7-14-12;;;;/h1-6,14H;3*1H;/q;;;;+3/p-3. The Labute approximate surface area is 148 Å². The molecule has 0 atom stereocenters. The van der Waals surface area contributed by atoms with Gasteiger partial charge in [-0.25, -0.2) is 0 Å². The Morgan fingerprint density at radius 3 is 2.39 bits per heavy atom. The summed E-state index contributed by atoms with van der Waals surface area (Å²) in [6, 6.07) is 12.9. The van der Waals surface area contributed by atoms with Crippen LogP contribution in [-0.2, 0) is 24.7 Å². The molecule has 1 aliphatic carbocycles. The molecule has 18 heavy (non-hydrogen) atoms. The third-order valence-electron chi connectivity index (χ3n) is 2.61. The predicted molar refractivity (Wildman–Crippen MR) is 62.3 cm³/mol. The van der Waals surface area contributed by atoms with E-state index in [1.54, 1.807) is 0 Å². The monoisotopic (exact) mass is 439 g/mol. The number of H-pyrrole nitrogens is 1. The first-order chi connectivity index (χ1) is 7.25. The number of rotatable bonds is 0. The molecular formula is C12H7BrCl3NZr. The van der Waals surface area contributed by atoms with E-state index in [1.807, 2.05) is 0 Å². The smallest absolute Gasteiger partial charge is 1.00 e. The Kier molecular flexibility index (Phi) is 7.50. The number of nitrogens with one attached hydrogen (secondary N) is 1. The molecule has 6 heteroatoms. The maximum absolute atomic E-state index is 3.50. The van der Waals surface area contributed by atoms with Crippen LogP contribution in [0, 0.1) is 0 Å². The second-order valence-electron chi connectivity index (χ2n) is 3.55. The fourth-order valence-electron chi connectivity index (χ4n) is 1.99. The third-order valence-corrected chi connectivity index (χ3v) is 3.96. The number of fused-ring (bicyclic) bond motifs is 3. The van der Waals surface area contributed by atoms with E-state index in [4.69, 9.17) is 0 Å². The van der Waals surface area contributed by atoms with Crippen molar-refractivity contribution in [3.63, 3.8) is 0 Å². The quantitative estimate of drug-likeness (QED) is 0.334. The van der Waals surface area contributed by atoms with Gasteiger partial charge in [-0.15, -0.1) is 0 Å². The van der Waals surface area contributed by atoms with E-state index in [1.165, 1.54) is 50.0 Å². The molecule has 1 aromatic carbocycles. The van der Waals surface area contributed by atoms with Crippen molar-refractivity contribution in [2.45, 2.75) is 0 Å². The largest absolute Gasteiger partial charge is 1.00 e. The molecule has 0 fully saturated rings. The van der Waals surface area contributed by atoms with Gasteiger partial charge in [0.05, 0.1) is 0 Å². The molecule has 0 spiro atoms. The van der Waals surface area contributed by atoms with Crippen molar-refractivity contribution in [2.24, 2.45) is 0 Å². The van der Waals surface area contributed by atoms with Gasteiger partial charge in [0.15, 0.2) is 0 Å². The van der Waals surface area contributed by atoms with Crippen molar-refractivity contribution in [1.82, 2.24) is 4.98 Å². The third kappa shape index (κ3) is 3.13. The van der Waals surface area contributed by atoms with E-state index < -0.39 is 0 Å². The molecule has 0 amide bonds. The molecular weight excluding hydrogens is 436 g/mol. The fraction of sp³-hybridized carbons (Fsp3) is 0. The normalized spacial score (nSPS) is 9.50. The summed E-state index contributed by atoms with van der Waals surface area (Å²) in [5.74, 6) is 0. The molecule has 0 saturated heterocycles. The zero-order valence-electron chi connectivity index (χ0n) is 8.98. The molecule has 0 saturated carbocycles. The molecule has 0 aromatic heterocycles. The van der Waals surface area contributed by atoms with Crippen LogP contribution in [0.1, 0.15) is 0 Å². The van der Waals surface area contributed by atoms with Gasteiger partial charge in [-0.05, 0) is 0 Å². The maximum atomic E-state index is 3.50. The molecule has 1 aromatic rings. The van der Waals surface area contributed by atoms with E-state index in [0.29, 0.717) is 0 Å². The van der Waals surface area contributed by atoms with Crippen LogP contribution in [0.5, 0.6) is 0 Å². The summed E-state index contributed by atoms with van der Waals surface area (Å²) in [6.45, 7) is 0. The van der Waals surface area contributed by atoms with Gasteiger partial charge >= 0.3 is 112 Å². The number of pyridine rings is 1. The summed E-state index contributed by atoms with van der Waals surface area (Å²) in [5, 5.41) is 2.67. The van der Waals surface area contributed by atoms with Crippen LogP contribution in [0.25, 0.3) is 21.9 Å². The summed E-state index contributed by atoms with van der Waals surface area (Å²) in [6.07, 6.45) is 0. The van der Waals surface area contributed by atoms with Gasteiger partial charge in [-0.1, -0.05) is 0 Å². The van der Waals surface area contributed by atoms with Gasteiger partial charge < -0.3 is 37.2 Å². The van der Waals surface area contributed by atoms with Crippen molar-refractivity contribution in [3.05, 3.63) is 41.0 Å². The molecule has 1 aliphatic heterocycles. The minimum Gasteiger partial charge on any atom is -1.00 e. The zero-order valence-corrected chi connectivity index (χ0v) is 15.3. The molecule has 1 N–H and O–H groups in total. The van der Waals surface area contributed by atoms with Gasteiger partial charge in [0.1, 0.15) is 0 Å². The number of benzene rings is 1. The number of aromatic amines is 1. The van der Waals surface area contributed by atoms with E-state index in [-0.39, 0.29) is 37.2 Å². The van der Waals surface area contributed by atoms with Gasteiger partial charge in [-0.2, -0.15) is 0 Å². The van der Waals surface area contributed by atoms with Crippen LogP contribution in [0.3, 0.4) is 0 Å². The maximum Gasteiger partial charge on any atom is -1.00 e. The van der Waals surface area contributed by atoms with Crippen LogP contribution in [0.15, 0.2) is 41.0 Å². The van der Waals surface area contributed by atoms with Crippen molar-refractivity contribution in [2.75, 3.05) is 0 Å². The first-order valence-corrected chi connectivity index (χ1v) is 6.69. The molecule has 92 valence electrons. The summed E-state index contributed by atoms with van der Waals surface area (Å²) in [7, 11) is 0. The van der Waals surface area contributed by atoms with Gasteiger partial charge in [0.2, 0.25) is 0 Å². The molecule has 1 nitrogen and oxygen atoms in total. The first kappa shape index (κ1) is 18.5. The summed E-state index contributed by atoms with van der Waals surface area (Å²) in [5.41, 5.74) is 2.68. The average Bonchev–Trinajstić information content (AvgIpc) is 2.54. The van der Waals surface area contributed by atoms with E-state index >= 15 is 0 Å². The predicted octanol–water partition coefficient (Wildman–Crippen LogP) is -5.78.